The lowest BCUT2D eigenvalue weighted by Gasteiger charge is -2.06. The van der Waals surface area contributed by atoms with Gasteiger partial charge in [-0.25, -0.2) is 0 Å². The number of carbonyl (C=O) groups is 1. The van der Waals surface area contributed by atoms with E-state index < -0.39 is 0 Å². The van der Waals surface area contributed by atoms with Crippen LogP contribution in [-0.4, -0.2) is 44.1 Å². The van der Waals surface area contributed by atoms with E-state index in [1.807, 2.05) is 12.1 Å². The van der Waals surface area contributed by atoms with E-state index in [9.17, 15) is 4.79 Å². The molecular formula is C14H20O5. The number of aliphatic hydroxyl groups excluding tert-OH is 1. The van der Waals surface area contributed by atoms with E-state index in [4.69, 9.17) is 19.3 Å². The normalized spacial score (nSPS) is 10.4. The van der Waals surface area contributed by atoms with Crippen molar-refractivity contribution in [3.8, 4) is 5.75 Å². The summed E-state index contributed by atoms with van der Waals surface area (Å²) in [6, 6.07) is 7.34. The first kappa shape index (κ1) is 15.6. The van der Waals surface area contributed by atoms with E-state index in [0.717, 1.165) is 12.0 Å². The first-order valence-electron chi connectivity index (χ1n) is 6.26. The van der Waals surface area contributed by atoms with Crippen LogP contribution in [0, 0.1) is 0 Å². The van der Waals surface area contributed by atoms with Crippen LogP contribution in [-0.2, 0) is 20.7 Å². The molecule has 19 heavy (non-hydrogen) atoms. The fourth-order valence-electron chi connectivity index (χ4n) is 1.47. The third kappa shape index (κ3) is 7.56. The van der Waals surface area contributed by atoms with Crippen molar-refractivity contribution in [2.24, 2.45) is 0 Å². The highest BCUT2D eigenvalue weighted by molar-refractivity contribution is 5.69. The van der Waals surface area contributed by atoms with Gasteiger partial charge in [-0.05, 0) is 24.1 Å². The highest BCUT2D eigenvalue weighted by Gasteiger charge is 1.98. The molecule has 5 heteroatoms. The van der Waals surface area contributed by atoms with Gasteiger partial charge >= 0.3 is 5.97 Å². The van der Waals surface area contributed by atoms with Gasteiger partial charge < -0.3 is 19.3 Å². The Labute approximate surface area is 113 Å². The van der Waals surface area contributed by atoms with E-state index >= 15 is 0 Å². The predicted molar refractivity (Wildman–Crippen MR) is 70.2 cm³/mol. The van der Waals surface area contributed by atoms with Crippen molar-refractivity contribution in [1.82, 2.24) is 0 Å². The second-order valence-electron chi connectivity index (χ2n) is 3.94. The number of aliphatic hydroxyl groups is 1. The molecule has 0 fully saturated rings. The number of hydrogen-bond acceptors (Lipinski definition) is 5. The second kappa shape index (κ2) is 9.49. The number of rotatable bonds is 9. The van der Waals surface area contributed by atoms with Crippen LogP contribution in [0.3, 0.4) is 0 Å². The van der Waals surface area contributed by atoms with Crippen LogP contribution in [0.1, 0.15) is 12.5 Å². The smallest absolute Gasteiger partial charge is 0.308 e. The molecule has 0 aliphatic rings. The molecule has 0 radical (unpaired) electrons. The lowest BCUT2D eigenvalue weighted by Crippen LogP contribution is -2.08. The largest absolute Gasteiger partial charge is 0.427 e. The fraction of sp³-hybridized carbons (Fsp3) is 0.500. The Morgan fingerprint density at radius 2 is 1.68 bits per heavy atom. The van der Waals surface area contributed by atoms with Crippen LogP contribution in [0.2, 0.25) is 0 Å². The summed E-state index contributed by atoms with van der Waals surface area (Å²) in [6.45, 7) is 3.38. The standard InChI is InChI=1S/C14H20O5/c1-12(16)19-14-4-2-13(3-5-14)6-8-17-10-11-18-9-7-15/h2-5,15H,6-11H2,1H3. The number of hydrogen-bond donors (Lipinski definition) is 1. The monoisotopic (exact) mass is 268 g/mol. The summed E-state index contributed by atoms with van der Waals surface area (Å²) < 4.78 is 15.4. The number of ether oxygens (including phenoxy) is 3. The molecule has 0 atom stereocenters. The minimum atomic E-state index is -0.320. The Morgan fingerprint density at radius 1 is 1.05 bits per heavy atom. The van der Waals surface area contributed by atoms with Gasteiger partial charge in [-0.2, -0.15) is 0 Å². The molecule has 0 aliphatic heterocycles. The molecule has 0 saturated carbocycles. The summed E-state index contributed by atoms with van der Waals surface area (Å²) in [6.07, 6.45) is 0.792. The van der Waals surface area contributed by atoms with Gasteiger partial charge in [0.1, 0.15) is 5.75 Å². The van der Waals surface area contributed by atoms with E-state index in [0.29, 0.717) is 32.2 Å². The molecule has 1 aromatic carbocycles. The van der Waals surface area contributed by atoms with Gasteiger partial charge in [0, 0.05) is 6.92 Å². The Hall–Kier alpha value is -1.43. The zero-order chi connectivity index (χ0) is 13.9. The molecule has 0 amide bonds. The third-order valence-electron chi connectivity index (χ3n) is 2.33. The Morgan fingerprint density at radius 3 is 2.26 bits per heavy atom. The average Bonchev–Trinajstić information content (AvgIpc) is 2.39. The molecule has 0 bridgehead atoms. The molecular weight excluding hydrogens is 248 g/mol. The molecule has 0 aromatic heterocycles. The maximum absolute atomic E-state index is 10.7. The van der Waals surface area contributed by atoms with Gasteiger partial charge in [0.2, 0.25) is 0 Å². The predicted octanol–water partition coefficient (Wildman–Crippen LogP) is 1.18. The van der Waals surface area contributed by atoms with Gasteiger partial charge in [0.05, 0.1) is 33.0 Å². The molecule has 106 valence electrons. The molecule has 0 saturated heterocycles. The first-order valence-corrected chi connectivity index (χ1v) is 6.26. The minimum Gasteiger partial charge on any atom is -0.427 e. The average molecular weight is 268 g/mol. The molecule has 0 aliphatic carbocycles. The van der Waals surface area contributed by atoms with Crippen molar-refractivity contribution in [2.75, 3.05) is 33.0 Å². The van der Waals surface area contributed by atoms with E-state index in [2.05, 4.69) is 0 Å². The summed E-state index contributed by atoms with van der Waals surface area (Å²) in [5.74, 6) is 0.230. The van der Waals surface area contributed by atoms with Crippen molar-refractivity contribution in [1.29, 1.82) is 0 Å². The van der Waals surface area contributed by atoms with Crippen LogP contribution < -0.4 is 4.74 Å². The first-order chi connectivity index (χ1) is 9.22. The van der Waals surface area contributed by atoms with Crippen LogP contribution in [0.5, 0.6) is 5.75 Å². The molecule has 1 aromatic rings. The fourth-order valence-corrected chi connectivity index (χ4v) is 1.47. The zero-order valence-corrected chi connectivity index (χ0v) is 11.1. The molecule has 1 rings (SSSR count). The molecule has 0 heterocycles. The van der Waals surface area contributed by atoms with Crippen LogP contribution in [0.15, 0.2) is 24.3 Å². The Balaban J connectivity index is 2.14. The van der Waals surface area contributed by atoms with E-state index in [1.165, 1.54) is 6.92 Å². The van der Waals surface area contributed by atoms with Crippen LogP contribution >= 0.6 is 0 Å². The van der Waals surface area contributed by atoms with Crippen molar-refractivity contribution < 1.29 is 24.1 Å². The van der Waals surface area contributed by atoms with Gasteiger partial charge in [-0.1, -0.05) is 12.1 Å². The summed E-state index contributed by atoms with van der Waals surface area (Å²) in [4.78, 5) is 10.7. The van der Waals surface area contributed by atoms with Crippen molar-refractivity contribution in [2.45, 2.75) is 13.3 Å². The van der Waals surface area contributed by atoms with Crippen molar-refractivity contribution >= 4 is 5.97 Å². The van der Waals surface area contributed by atoms with Gasteiger partial charge in [0.25, 0.3) is 0 Å². The lowest BCUT2D eigenvalue weighted by molar-refractivity contribution is -0.131. The van der Waals surface area contributed by atoms with Crippen molar-refractivity contribution in [3.63, 3.8) is 0 Å². The SMILES string of the molecule is CC(=O)Oc1ccc(CCOCCOCCO)cc1. The highest BCUT2D eigenvalue weighted by Crippen LogP contribution is 2.12. The van der Waals surface area contributed by atoms with Gasteiger partial charge in [-0.15, -0.1) is 0 Å². The third-order valence-corrected chi connectivity index (χ3v) is 2.33. The highest BCUT2D eigenvalue weighted by atomic mass is 16.5. The summed E-state index contributed by atoms with van der Waals surface area (Å²) >= 11 is 0. The van der Waals surface area contributed by atoms with E-state index in [1.54, 1.807) is 12.1 Å². The zero-order valence-electron chi connectivity index (χ0n) is 11.1. The molecule has 5 nitrogen and oxygen atoms in total. The molecule has 1 N–H and O–H groups in total. The summed E-state index contributed by atoms with van der Waals surface area (Å²) in [5.41, 5.74) is 1.12. The maximum Gasteiger partial charge on any atom is 0.308 e. The molecule has 0 spiro atoms. The van der Waals surface area contributed by atoms with Crippen LogP contribution in [0.4, 0.5) is 0 Å². The number of carbonyl (C=O) groups excluding carboxylic acids is 1. The second-order valence-corrected chi connectivity index (χ2v) is 3.94. The van der Waals surface area contributed by atoms with Crippen LogP contribution in [0.25, 0.3) is 0 Å². The molecule has 0 unspecified atom stereocenters. The summed E-state index contributed by atoms with van der Waals surface area (Å²) in [7, 11) is 0. The topological polar surface area (TPSA) is 65.0 Å². The summed E-state index contributed by atoms with van der Waals surface area (Å²) in [5, 5.41) is 8.50. The quantitative estimate of drug-likeness (QED) is 0.414. The Bertz CT molecular complexity index is 361. The number of benzene rings is 1. The lowest BCUT2D eigenvalue weighted by atomic mass is 10.1. The number of esters is 1. The minimum absolute atomic E-state index is 0.0364. The van der Waals surface area contributed by atoms with Gasteiger partial charge in [-0.3, -0.25) is 4.79 Å². The maximum atomic E-state index is 10.7. The Kier molecular flexibility index (Phi) is 7.81. The van der Waals surface area contributed by atoms with Gasteiger partial charge in [0.15, 0.2) is 0 Å². The van der Waals surface area contributed by atoms with E-state index in [-0.39, 0.29) is 12.6 Å². The van der Waals surface area contributed by atoms with Crippen molar-refractivity contribution in [3.05, 3.63) is 29.8 Å².